The third kappa shape index (κ3) is 5.26. The molecule has 0 radical (unpaired) electrons. The van der Waals surface area contributed by atoms with Crippen LogP contribution in [0.5, 0.6) is 0 Å². The van der Waals surface area contributed by atoms with Gasteiger partial charge < -0.3 is 15.4 Å². The molecule has 0 spiro atoms. The molecule has 1 aromatic carbocycles. The Labute approximate surface area is 165 Å². The van der Waals surface area contributed by atoms with Crippen molar-refractivity contribution in [2.75, 3.05) is 38.2 Å². The van der Waals surface area contributed by atoms with Crippen molar-refractivity contribution in [3.63, 3.8) is 0 Å². The van der Waals surface area contributed by atoms with Crippen molar-refractivity contribution in [3.05, 3.63) is 51.4 Å². The number of halogens is 2. The molecule has 1 aliphatic heterocycles. The van der Waals surface area contributed by atoms with E-state index in [9.17, 15) is 14.0 Å². The maximum Gasteiger partial charge on any atom is 0.313 e. The molecule has 2 amide bonds. The van der Waals surface area contributed by atoms with Crippen molar-refractivity contribution in [2.24, 2.45) is 0 Å². The SMILES string of the molecule is O=C(NCC(c1ccsc1)N1CCOCC1)C(=O)Nc1ccc(F)c(Cl)c1. The highest BCUT2D eigenvalue weighted by atomic mass is 35.5. The molecule has 2 aromatic rings. The largest absolute Gasteiger partial charge is 0.379 e. The van der Waals surface area contributed by atoms with Gasteiger partial charge in [-0.05, 0) is 40.6 Å². The Kier molecular flexibility index (Phi) is 6.78. The first-order valence-electron chi connectivity index (χ1n) is 8.42. The monoisotopic (exact) mass is 411 g/mol. The molecule has 0 aliphatic carbocycles. The third-order valence-corrected chi connectivity index (χ3v) is 5.25. The van der Waals surface area contributed by atoms with Crippen LogP contribution in [0.3, 0.4) is 0 Å². The summed E-state index contributed by atoms with van der Waals surface area (Å²) in [6.07, 6.45) is 0. The standard InChI is InChI=1S/C18H19ClFN3O3S/c19-14-9-13(1-2-15(14)20)22-18(25)17(24)21-10-16(12-3-8-27-11-12)23-4-6-26-7-5-23/h1-3,8-9,11,16H,4-7,10H2,(H,21,24)(H,22,25). The zero-order valence-electron chi connectivity index (χ0n) is 14.4. The fourth-order valence-corrected chi connectivity index (χ4v) is 3.73. The predicted octanol–water partition coefficient (Wildman–Crippen LogP) is 2.67. The van der Waals surface area contributed by atoms with E-state index in [4.69, 9.17) is 16.3 Å². The van der Waals surface area contributed by atoms with Crippen molar-refractivity contribution in [1.82, 2.24) is 10.2 Å². The van der Waals surface area contributed by atoms with Gasteiger partial charge in [0.2, 0.25) is 0 Å². The molecule has 6 nitrogen and oxygen atoms in total. The van der Waals surface area contributed by atoms with Gasteiger partial charge in [0, 0.05) is 25.3 Å². The van der Waals surface area contributed by atoms with Gasteiger partial charge in [-0.15, -0.1) is 0 Å². The summed E-state index contributed by atoms with van der Waals surface area (Å²) in [5, 5.41) is 8.98. The van der Waals surface area contributed by atoms with Crippen LogP contribution in [0.25, 0.3) is 0 Å². The third-order valence-electron chi connectivity index (χ3n) is 4.25. The lowest BCUT2D eigenvalue weighted by Gasteiger charge is -2.34. The molecular weight excluding hydrogens is 393 g/mol. The average molecular weight is 412 g/mol. The fraction of sp³-hybridized carbons (Fsp3) is 0.333. The second-order valence-corrected chi connectivity index (χ2v) is 7.20. The number of carbonyl (C=O) groups excluding carboxylic acids is 2. The van der Waals surface area contributed by atoms with Crippen LogP contribution < -0.4 is 10.6 Å². The number of rotatable bonds is 5. The van der Waals surface area contributed by atoms with Crippen LogP contribution in [0.15, 0.2) is 35.0 Å². The zero-order valence-corrected chi connectivity index (χ0v) is 16.0. The molecule has 27 heavy (non-hydrogen) atoms. The van der Waals surface area contributed by atoms with Gasteiger partial charge in [0.25, 0.3) is 0 Å². The molecule has 1 aromatic heterocycles. The number of ether oxygens (including phenoxy) is 1. The fourth-order valence-electron chi connectivity index (χ4n) is 2.84. The van der Waals surface area contributed by atoms with E-state index in [-0.39, 0.29) is 16.8 Å². The van der Waals surface area contributed by atoms with Crippen LogP contribution in [0, 0.1) is 5.82 Å². The smallest absolute Gasteiger partial charge is 0.313 e. The van der Waals surface area contributed by atoms with Crippen molar-refractivity contribution in [3.8, 4) is 0 Å². The quantitative estimate of drug-likeness (QED) is 0.742. The molecule has 144 valence electrons. The minimum atomic E-state index is -0.830. The van der Waals surface area contributed by atoms with E-state index < -0.39 is 17.6 Å². The lowest BCUT2D eigenvalue weighted by Crippen LogP contribution is -2.45. The normalized spacial score (nSPS) is 15.9. The summed E-state index contributed by atoms with van der Waals surface area (Å²) >= 11 is 7.26. The predicted molar refractivity (Wildman–Crippen MR) is 103 cm³/mol. The van der Waals surface area contributed by atoms with Gasteiger partial charge in [0.15, 0.2) is 0 Å². The highest BCUT2D eigenvalue weighted by Crippen LogP contribution is 2.23. The molecule has 3 rings (SSSR count). The van der Waals surface area contributed by atoms with Crippen LogP contribution in [0.2, 0.25) is 5.02 Å². The number of nitrogens with one attached hydrogen (secondary N) is 2. The molecule has 1 fully saturated rings. The van der Waals surface area contributed by atoms with Crippen LogP contribution in [0.4, 0.5) is 10.1 Å². The molecule has 0 bridgehead atoms. The molecule has 2 heterocycles. The summed E-state index contributed by atoms with van der Waals surface area (Å²) in [5.74, 6) is -2.18. The van der Waals surface area contributed by atoms with E-state index in [1.165, 1.54) is 12.1 Å². The number of nitrogens with zero attached hydrogens (tertiary/aromatic N) is 1. The summed E-state index contributed by atoms with van der Waals surface area (Å²) in [6.45, 7) is 3.10. The minimum Gasteiger partial charge on any atom is -0.379 e. The van der Waals surface area contributed by atoms with Crippen LogP contribution in [-0.2, 0) is 14.3 Å². The highest BCUT2D eigenvalue weighted by molar-refractivity contribution is 7.08. The Morgan fingerprint density at radius 3 is 2.70 bits per heavy atom. The van der Waals surface area contributed by atoms with Gasteiger partial charge in [0.05, 0.1) is 24.3 Å². The number of amides is 2. The average Bonchev–Trinajstić information content (AvgIpc) is 3.20. The molecular formula is C18H19ClFN3O3S. The van der Waals surface area contributed by atoms with Crippen molar-refractivity contribution in [1.29, 1.82) is 0 Å². The summed E-state index contributed by atoms with van der Waals surface area (Å²) in [5.41, 5.74) is 1.34. The number of hydrogen-bond acceptors (Lipinski definition) is 5. The number of thiophene rings is 1. The van der Waals surface area contributed by atoms with Gasteiger partial charge in [-0.3, -0.25) is 14.5 Å². The second kappa shape index (κ2) is 9.27. The Bertz CT molecular complexity index is 797. The van der Waals surface area contributed by atoms with Crippen LogP contribution >= 0.6 is 22.9 Å². The van der Waals surface area contributed by atoms with Crippen molar-refractivity contribution in [2.45, 2.75) is 6.04 Å². The maximum atomic E-state index is 13.2. The molecule has 0 saturated carbocycles. The first kappa shape index (κ1) is 19.8. The van der Waals surface area contributed by atoms with E-state index in [0.717, 1.165) is 24.7 Å². The lowest BCUT2D eigenvalue weighted by molar-refractivity contribution is -0.136. The Morgan fingerprint density at radius 1 is 1.26 bits per heavy atom. The first-order valence-corrected chi connectivity index (χ1v) is 9.75. The number of anilines is 1. The zero-order chi connectivity index (χ0) is 19.2. The van der Waals surface area contributed by atoms with Crippen LogP contribution in [0.1, 0.15) is 11.6 Å². The van der Waals surface area contributed by atoms with E-state index in [0.29, 0.717) is 19.8 Å². The molecule has 1 atom stereocenters. The highest BCUT2D eigenvalue weighted by Gasteiger charge is 2.24. The van der Waals surface area contributed by atoms with E-state index >= 15 is 0 Å². The second-order valence-electron chi connectivity index (χ2n) is 6.01. The molecule has 1 aliphatic rings. The number of hydrogen-bond donors (Lipinski definition) is 2. The Morgan fingerprint density at radius 2 is 2.04 bits per heavy atom. The first-order chi connectivity index (χ1) is 13.0. The molecule has 1 unspecified atom stereocenters. The number of morpholine rings is 1. The summed E-state index contributed by atoms with van der Waals surface area (Å²) in [4.78, 5) is 26.5. The van der Waals surface area contributed by atoms with E-state index in [1.54, 1.807) is 11.3 Å². The minimum absolute atomic E-state index is 0.0304. The molecule has 2 N–H and O–H groups in total. The van der Waals surface area contributed by atoms with Crippen molar-refractivity contribution < 1.29 is 18.7 Å². The summed E-state index contributed by atoms with van der Waals surface area (Å²) in [7, 11) is 0. The summed E-state index contributed by atoms with van der Waals surface area (Å²) in [6, 6.07) is 5.70. The Hall–Kier alpha value is -2.00. The number of benzene rings is 1. The molecule has 1 saturated heterocycles. The van der Waals surface area contributed by atoms with E-state index in [1.807, 2.05) is 16.8 Å². The van der Waals surface area contributed by atoms with Gasteiger partial charge in [0.1, 0.15) is 5.82 Å². The van der Waals surface area contributed by atoms with Gasteiger partial charge >= 0.3 is 11.8 Å². The topological polar surface area (TPSA) is 70.7 Å². The lowest BCUT2D eigenvalue weighted by atomic mass is 10.1. The van der Waals surface area contributed by atoms with Gasteiger partial charge in [-0.25, -0.2) is 4.39 Å². The van der Waals surface area contributed by atoms with Gasteiger partial charge in [-0.2, -0.15) is 11.3 Å². The van der Waals surface area contributed by atoms with Gasteiger partial charge in [-0.1, -0.05) is 11.6 Å². The van der Waals surface area contributed by atoms with Crippen LogP contribution in [-0.4, -0.2) is 49.6 Å². The van der Waals surface area contributed by atoms with E-state index in [2.05, 4.69) is 15.5 Å². The maximum absolute atomic E-state index is 13.2. The Balaban J connectivity index is 1.59. The van der Waals surface area contributed by atoms with Crippen molar-refractivity contribution >= 4 is 40.4 Å². The number of carbonyl (C=O) groups is 2. The molecule has 9 heteroatoms. The summed E-state index contributed by atoms with van der Waals surface area (Å²) < 4.78 is 18.6.